The molecule has 0 fully saturated rings. The molecule has 0 aliphatic heterocycles. The fourth-order valence-electron chi connectivity index (χ4n) is 8.57. The Morgan fingerprint density at radius 3 is 1.16 bits per heavy atom. The minimum atomic E-state index is -0.858. The van der Waals surface area contributed by atoms with Gasteiger partial charge in [0.05, 0.1) is 25.4 Å². The van der Waals surface area contributed by atoms with Crippen LogP contribution in [0.15, 0.2) is 36.5 Å². The van der Waals surface area contributed by atoms with Crippen LogP contribution in [0.5, 0.6) is 0 Å². The van der Waals surface area contributed by atoms with E-state index in [-0.39, 0.29) is 18.5 Å². The van der Waals surface area contributed by atoms with Gasteiger partial charge in [-0.15, -0.1) is 0 Å². The van der Waals surface area contributed by atoms with Crippen LogP contribution < -0.4 is 5.32 Å². The number of unbranched alkanes of at least 4 members (excludes halogenated alkanes) is 38. The van der Waals surface area contributed by atoms with E-state index < -0.39 is 12.1 Å². The number of nitrogens with one attached hydrogen (secondary N) is 1. The average molecular weight is 901 g/mol. The maximum absolute atomic E-state index is 12.4. The third kappa shape index (κ3) is 49.5. The topological polar surface area (TPSA) is 95.9 Å². The molecule has 0 rings (SSSR count). The molecule has 0 saturated carbocycles. The second-order valence-corrected chi connectivity index (χ2v) is 19.3. The van der Waals surface area contributed by atoms with E-state index >= 15 is 0 Å². The first kappa shape index (κ1) is 62.1. The van der Waals surface area contributed by atoms with E-state index in [2.05, 4.69) is 43.5 Å². The highest BCUT2D eigenvalue weighted by Crippen LogP contribution is 2.16. The van der Waals surface area contributed by atoms with Gasteiger partial charge in [-0.25, -0.2) is 0 Å². The van der Waals surface area contributed by atoms with Crippen molar-refractivity contribution in [2.75, 3.05) is 13.2 Å². The van der Waals surface area contributed by atoms with Crippen LogP contribution in [-0.4, -0.2) is 47.4 Å². The molecular formula is C58H109NO5. The molecule has 0 spiro atoms. The van der Waals surface area contributed by atoms with Crippen LogP contribution in [0, 0.1) is 0 Å². The van der Waals surface area contributed by atoms with Crippen LogP contribution >= 0.6 is 0 Å². The summed E-state index contributed by atoms with van der Waals surface area (Å²) in [5.74, 6) is -0.109. The van der Waals surface area contributed by atoms with Crippen LogP contribution in [0.3, 0.4) is 0 Å². The van der Waals surface area contributed by atoms with Crippen molar-refractivity contribution in [3.8, 4) is 0 Å². The lowest BCUT2D eigenvalue weighted by atomic mass is 10.0. The van der Waals surface area contributed by atoms with Crippen LogP contribution in [0.25, 0.3) is 0 Å². The summed E-state index contributed by atoms with van der Waals surface area (Å²) in [4.78, 5) is 24.5. The second-order valence-electron chi connectivity index (χ2n) is 19.3. The maximum atomic E-state index is 12.4. The van der Waals surface area contributed by atoms with E-state index in [1.807, 2.05) is 6.08 Å². The summed E-state index contributed by atoms with van der Waals surface area (Å²) < 4.78 is 5.46. The number of aliphatic hydroxyl groups is 2. The third-order valence-corrected chi connectivity index (χ3v) is 12.9. The van der Waals surface area contributed by atoms with E-state index in [0.717, 1.165) is 77.0 Å². The zero-order chi connectivity index (χ0) is 46.5. The second kappa shape index (κ2) is 53.7. The molecule has 0 aliphatic rings. The summed E-state index contributed by atoms with van der Waals surface area (Å²) >= 11 is 0. The number of esters is 1. The Labute approximate surface area is 398 Å². The van der Waals surface area contributed by atoms with Crippen LogP contribution in [0.4, 0.5) is 0 Å². The predicted molar refractivity (Wildman–Crippen MR) is 278 cm³/mol. The third-order valence-electron chi connectivity index (χ3n) is 12.9. The van der Waals surface area contributed by atoms with Gasteiger partial charge in [-0.1, -0.05) is 256 Å². The van der Waals surface area contributed by atoms with Gasteiger partial charge in [0.1, 0.15) is 0 Å². The van der Waals surface area contributed by atoms with Crippen LogP contribution in [0.1, 0.15) is 296 Å². The van der Waals surface area contributed by atoms with Crippen molar-refractivity contribution in [3.05, 3.63) is 36.5 Å². The summed E-state index contributed by atoms with van der Waals surface area (Å²) in [6.07, 6.45) is 65.9. The molecule has 0 saturated heterocycles. The first-order valence-electron chi connectivity index (χ1n) is 28.3. The largest absolute Gasteiger partial charge is 0.466 e. The molecule has 0 aromatic rings. The SMILES string of the molecule is CCCCCCCCCCCCC/C=C/C(O)C(CO)NC(=O)CCCCCCCC/C=C\C=C/CCCCCOC(=O)CCCCCCCCCCCCCCCCCCCCC. The highest BCUT2D eigenvalue weighted by atomic mass is 16.5. The number of allylic oxidation sites excluding steroid dienone is 5. The number of hydrogen-bond donors (Lipinski definition) is 3. The molecule has 2 unspecified atom stereocenters. The normalized spacial score (nSPS) is 12.9. The minimum absolute atomic E-state index is 0.0184. The fraction of sp³-hybridized carbons (Fsp3) is 0.862. The first-order valence-corrected chi connectivity index (χ1v) is 28.3. The Morgan fingerprint density at radius 2 is 0.766 bits per heavy atom. The molecule has 0 heterocycles. The average Bonchev–Trinajstić information content (AvgIpc) is 3.29. The fourth-order valence-corrected chi connectivity index (χ4v) is 8.57. The molecule has 0 radical (unpaired) electrons. The van der Waals surface area contributed by atoms with E-state index in [9.17, 15) is 19.8 Å². The lowest BCUT2D eigenvalue weighted by molar-refractivity contribution is -0.143. The number of aliphatic hydroxyl groups excluding tert-OH is 2. The van der Waals surface area contributed by atoms with Gasteiger partial charge in [0.15, 0.2) is 0 Å². The van der Waals surface area contributed by atoms with Gasteiger partial charge < -0.3 is 20.3 Å². The lowest BCUT2D eigenvalue weighted by Gasteiger charge is -2.20. The van der Waals surface area contributed by atoms with Crippen molar-refractivity contribution in [3.63, 3.8) is 0 Å². The highest BCUT2D eigenvalue weighted by Gasteiger charge is 2.18. The monoisotopic (exact) mass is 900 g/mol. The maximum Gasteiger partial charge on any atom is 0.305 e. The van der Waals surface area contributed by atoms with Crippen molar-refractivity contribution in [1.29, 1.82) is 0 Å². The smallest absolute Gasteiger partial charge is 0.305 e. The molecule has 3 N–H and O–H groups in total. The molecule has 64 heavy (non-hydrogen) atoms. The van der Waals surface area contributed by atoms with Crippen molar-refractivity contribution in [1.82, 2.24) is 5.32 Å². The molecule has 2 atom stereocenters. The quantitative estimate of drug-likeness (QED) is 0.0245. The number of carbonyl (C=O) groups excluding carboxylic acids is 2. The minimum Gasteiger partial charge on any atom is -0.466 e. The van der Waals surface area contributed by atoms with Gasteiger partial charge in [-0.2, -0.15) is 0 Å². The summed E-state index contributed by atoms with van der Waals surface area (Å²) in [7, 11) is 0. The molecule has 376 valence electrons. The number of amides is 1. The molecule has 0 bridgehead atoms. The predicted octanol–water partition coefficient (Wildman–Crippen LogP) is 17.2. The van der Waals surface area contributed by atoms with Crippen molar-refractivity contribution >= 4 is 11.9 Å². The Balaban J connectivity index is 3.51. The summed E-state index contributed by atoms with van der Waals surface area (Å²) in [6, 6.07) is -0.644. The Morgan fingerprint density at radius 1 is 0.438 bits per heavy atom. The molecule has 0 aliphatic carbocycles. The summed E-state index contributed by atoms with van der Waals surface area (Å²) in [5, 5.41) is 23.0. The lowest BCUT2D eigenvalue weighted by Crippen LogP contribution is -2.45. The van der Waals surface area contributed by atoms with Gasteiger partial charge in [0.2, 0.25) is 5.91 Å². The summed E-state index contributed by atoms with van der Waals surface area (Å²) in [6.45, 7) is 4.85. The van der Waals surface area contributed by atoms with Gasteiger partial charge in [0.25, 0.3) is 0 Å². The van der Waals surface area contributed by atoms with Gasteiger partial charge in [-0.05, 0) is 64.2 Å². The van der Waals surface area contributed by atoms with Crippen LogP contribution in [-0.2, 0) is 14.3 Å². The van der Waals surface area contributed by atoms with Crippen LogP contribution in [0.2, 0.25) is 0 Å². The van der Waals surface area contributed by atoms with E-state index in [1.165, 1.54) is 193 Å². The van der Waals surface area contributed by atoms with Gasteiger partial charge in [-0.3, -0.25) is 9.59 Å². The number of carbonyl (C=O) groups is 2. The molecule has 0 aromatic heterocycles. The number of ether oxygens (including phenoxy) is 1. The van der Waals surface area contributed by atoms with E-state index in [4.69, 9.17) is 4.74 Å². The van der Waals surface area contributed by atoms with Crippen molar-refractivity contribution < 1.29 is 24.5 Å². The Hall–Kier alpha value is -1.92. The van der Waals surface area contributed by atoms with E-state index in [0.29, 0.717) is 19.4 Å². The first-order chi connectivity index (χ1) is 31.5. The van der Waals surface area contributed by atoms with E-state index in [1.54, 1.807) is 6.08 Å². The standard InChI is InChI=1S/C58H109NO5/c1-3-5-7-9-11-13-15-17-18-19-20-21-24-28-32-36-40-44-48-52-58(63)64-53-49-45-41-37-33-29-25-22-23-27-31-35-39-43-47-51-57(62)59-55(54-60)56(61)50-46-42-38-34-30-26-16-14-12-10-8-6-4-2/h22,25,29,33,46,50,55-56,60-61H,3-21,23-24,26-28,30-32,34-45,47-49,51-54H2,1-2H3,(H,59,62)/b25-22-,33-29-,50-46+. The Kier molecular flexibility index (Phi) is 52.1. The molecule has 6 heteroatoms. The van der Waals surface area contributed by atoms with Crippen molar-refractivity contribution in [2.45, 2.75) is 309 Å². The summed E-state index contributed by atoms with van der Waals surface area (Å²) in [5.41, 5.74) is 0. The van der Waals surface area contributed by atoms with Gasteiger partial charge in [0, 0.05) is 12.8 Å². The number of rotatable bonds is 52. The van der Waals surface area contributed by atoms with Crippen molar-refractivity contribution in [2.24, 2.45) is 0 Å². The zero-order valence-electron chi connectivity index (χ0n) is 42.8. The zero-order valence-corrected chi connectivity index (χ0v) is 42.8. The number of hydrogen-bond acceptors (Lipinski definition) is 5. The highest BCUT2D eigenvalue weighted by molar-refractivity contribution is 5.76. The molecule has 0 aromatic carbocycles. The molecule has 6 nitrogen and oxygen atoms in total. The Bertz CT molecular complexity index is 1040. The molecule has 1 amide bonds. The molecular weight excluding hydrogens is 791 g/mol. The van der Waals surface area contributed by atoms with Gasteiger partial charge >= 0.3 is 5.97 Å².